The molecule has 2 aromatic rings. The van der Waals surface area contributed by atoms with Crippen LogP contribution in [-0.2, 0) is 4.74 Å². The molecule has 0 spiro atoms. The van der Waals surface area contributed by atoms with E-state index < -0.39 is 0 Å². The number of hydrogen-bond donors (Lipinski definition) is 1. The molecule has 1 aromatic carbocycles. The maximum atomic E-state index is 5.90. The number of pyridine rings is 1. The van der Waals surface area contributed by atoms with E-state index in [4.69, 9.17) is 9.47 Å². The van der Waals surface area contributed by atoms with Crippen LogP contribution in [0.4, 0.5) is 0 Å². The zero-order valence-corrected chi connectivity index (χ0v) is 15.2. The lowest BCUT2D eigenvalue weighted by Gasteiger charge is -2.15. The molecule has 0 aliphatic rings. The summed E-state index contributed by atoms with van der Waals surface area (Å²) in [7, 11) is 1.70. The molecule has 6 heteroatoms. The third kappa shape index (κ3) is 4.39. The third-order valence-electron chi connectivity index (χ3n) is 3.01. The molecular formula is C15H18Br2N2O2. The number of aromatic nitrogens is 1. The predicted molar refractivity (Wildman–Crippen MR) is 92.0 cm³/mol. The van der Waals surface area contributed by atoms with Crippen molar-refractivity contribution in [2.75, 3.05) is 26.9 Å². The van der Waals surface area contributed by atoms with E-state index in [9.17, 15) is 0 Å². The number of nitrogens with zero attached hydrogens (tertiary/aromatic N) is 1. The predicted octanol–water partition coefficient (Wildman–Crippen LogP) is 3.76. The van der Waals surface area contributed by atoms with E-state index in [0.717, 1.165) is 32.1 Å². The van der Waals surface area contributed by atoms with Gasteiger partial charge in [-0.15, -0.1) is 0 Å². The van der Waals surface area contributed by atoms with Crippen molar-refractivity contribution in [3.8, 4) is 5.75 Å². The molecule has 114 valence electrons. The van der Waals surface area contributed by atoms with Crippen LogP contribution in [0.25, 0.3) is 10.9 Å². The Balaban J connectivity index is 2.05. The maximum Gasteiger partial charge on any atom is 0.159 e. The summed E-state index contributed by atoms with van der Waals surface area (Å²) in [6, 6.07) is 6.23. The smallest absolute Gasteiger partial charge is 0.159 e. The number of nitrogens with one attached hydrogen (secondary N) is 1. The highest BCUT2D eigenvalue weighted by Gasteiger charge is 2.11. The zero-order valence-electron chi connectivity index (χ0n) is 12.0. The number of hydrogen-bond acceptors (Lipinski definition) is 4. The van der Waals surface area contributed by atoms with Gasteiger partial charge in [0.25, 0.3) is 0 Å². The average molecular weight is 418 g/mol. The number of benzene rings is 1. The number of fused-ring (bicyclic) bond motifs is 1. The molecular weight excluding hydrogens is 400 g/mol. The molecule has 1 atom stereocenters. The Hall–Kier alpha value is -0.690. The summed E-state index contributed by atoms with van der Waals surface area (Å²) in [5, 5.41) is 4.38. The van der Waals surface area contributed by atoms with Crippen LogP contribution in [0.3, 0.4) is 0 Å². The Labute approximate surface area is 141 Å². The van der Waals surface area contributed by atoms with Crippen LogP contribution in [0.2, 0.25) is 0 Å². The van der Waals surface area contributed by atoms with Crippen LogP contribution in [0.5, 0.6) is 5.75 Å². The highest BCUT2D eigenvalue weighted by Crippen LogP contribution is 2.37. The van der Waals surface area contributed by atoms with Crippen molar-refractivity contribution in [2.24, 2.45) is 0 Å². The van der Waals surface area contributed by atoms with Gasteiger partial charge >= 0.3 is 0 Å². The van der Waals surface area contributed by atoms with Crippen LogP contribution in [0.15, 0.2) is 33.3 Å². The van der Waals surface area contributed by atoms with Crippen molar-refractivity contribution in [1.29, 1.82) is 0 Å². The summed E-state index contributed by atoms with van der Waals surface area (Å²) < 4.78 is 12.9. The standard InChI is InChI=1S/C15H18Br2N2O2/c1-10(9-20-2)18-6-7-21-15-13(17)8-12(16)11-4-3-5-19-14(11)15/h3-5,8,10,18H,6-7,9H2,1-2H3. The van der Waals surface area contributed by atoms with Crippen LogP contribution >= 0.6 is 31.9 Å². The van der Waals surface area contributed by atoms with Crippen molar-refractivity contribution in [3.63, 3.8) is 0 Å². The minimum absolute atomic E-state index is 0.307. The molecule has 4 nitrogen and oxygen atoms in total. The van der Waals surface area contributed by atoms with Crippen molar-refractivity contribution < 1.29 is 9.47 Å². The molecule has 0 saturated heterocycles. The van der Waals surface area contributed by atoms with Crippen LogP contribution in [0.1, 0.15) is 6.92 Å². The van der Waals surface area contributed by atoms with E-state index in [0.29, 0.717) is 19.3 Å². The number of rotatable bonds is 7. The summed E-state index contributed by atoms with van der Waals surface area (Å²) in [5.74, 6) is 0.773. The lowest BCUT2D eigenvalue weighted by Crippen LogP contribution is -2.33. The monoisotopic (exact) mass is 416 g/mol. The van der Waals surface area contributed by atoms with Crippen molar-refractivity contribution in [2.45, 2.75) is 13.0 Å². The van der Waals surface area contributed by atoms with E-state index >= 15 is 0 Å². The number of methoxy groups -OCH3 is 1. The zero-order chi connectivity index (χ0) is 15.2. The molecule has 1 N–H and O–H groups in total. The summed E-state index contributed by atoms with van der Waals surface area (Å²) in [4.78, 5) is 4.42. The topological polar surface area (TPSA) is 43.4 Å². The highest BCUT2D eigenvalue weighted by atomic mass is 79.9. The summed E-state index contributed by atoms with van der Waals surface area (Å²) in [6.07, 6.45) is 1.77. The second-order valence-electron chi connectivity index (χ2n) is 4.73. The van der Waals surface area contributed by atoms with Gasteiger partial charge in [-0.3, -0.25) is 4.98 Å². The Morgan fingerprint density at radius 2 is 2.14 bits per heavy atom. The molecule has 0 amide bonds. The first-order valence-electron chi connectivity index (χ1n) is 6.71. The average Bonchev–Trinajstić information content (AvgIpc) is 2.46. The molecule has 1 heterocycles. The molecule has 0 aliphatic heterocycles. The second kappa shape index (κ2) is 8.08. The first kappa shape index (κ1) is 16.7. The molecule has 0 saturated carbocycles. The molecule has 0 bridgehead atoms. The SMILES string of the molecule is COCC(C)NCCOc1c(Br)cc(Br)c2cccnc12. The van der Waals surface area contributed by atoms with Crippen molar-refractivity contribution in [1.82, 2.24) is 10.3 Å². The minimum Gasteiger partial charge on any atom is -0.489 e. The summed E-state index contributed by atoms with van der Waals surface area (Å²) in [6.45, 7) is 4.09. The Morgan fingerprint density at radius 3 is 2.90 bits per heavy atom. The van der Waals surface area contributed by atoms with Crippen LogP contribution in [-0.4, -0.2) is 37.9 Å². The molecule has 0 radical (unpaired) electrons. The lowest BCUT2D eigenvalue weighted by molar-refractivity contribution is 0.169. The normalized spacial score (nSPS) is 12.6. The van der Waals surface area contributed by atoms with Gasteiger partial charge in [-0.2, -0.15) is 0 Å². The quantitative estimate of drug-likeness (QED) is 0.696. The van der Waals surface area contributed by atoms with Gasteiger partial charge in [0.2, 0.25) is 0 Å². The van der Waals surface area contributed by atoms with Gasteiger partial charge in [-0.05, 0) is 35.0 Å². The molecule has 2 rings (SSSR count). The summed E-state index contributed by atoms with van der Waals surface area (Å²) >= 11 is 7.09. The van der Waals surface area contributed by atoms with Crippen LogP contribution < -0.4 is 10.1 Å². The van der Waals surface area contributed by atoms with E-state index in [1.165, 1.54) is 0 Å². The molecule has 1 aromatic heterocycles. The van der Waals surface area contributed by atoms with Gasteiger partial charge in [0.1, 0.15) is 12.1 Å². The molecule has 21 heavy (non-hydrogen) atoms. The molecule has 0 fully saturated rings. The van der Waals surface area contributed by atoms with Gasteiger partial charge in [-0.25, -0.2) is 0 Å². The highest BCUT2D eigenvalue weighted by molar-refractivity contribution is 9.11. The van der Waals surface area contributed by atoms with Gasteiger partial charge in [0.05, 0.1) is 11.1 Å². The molecule has 1 unspecified atom stereocenters. The summed E-state index contributed by atoms with van der Waals surface area (Å²) in [5.41, 5.74) is 0.851. The van der Waals surface area contributed by atoms with Gasteiger partial charge < -0.3 is 14.8 Å². The van der Waals surface area contributed by atoms with E-state index in [1.54, 1.807) is 13.3 Å². The Bertz CT molecular complexity index is 607. The first-order chi connectivity index (χ1) is 10.1. The fourth-order valence-corrected chi connectivity index (χ4v) is 3.44. The van der Waals surface area contributed by atoms with Crippen LogP contribution in [0, 0.1) is 0 Å². The second-order valence-corrected chi connectivity index (χ2v) is 6.44. The van der Waals surface area contributed by atoms with E-state index in [-0.39, 0.29) is 0 Å². The minimum atomic E-state index is 0.307. The maximum absolute atomic E-state index is 5.90. The lowest BCUT2D eigenvalue weighted by atomic mass is 10.2. The van der Waals surface area contributed by atoms with Gasteiger partial charge in [-0.1, -0.05) is 22.0 Å². The fraction of sp³-hybridized carbons (Fsp3) is 0.400. The van der Waals surface area contributed by atoms with Crippen molar-refractivity contribution >= 4 is 42.8 Å². The Morgan fingerprint density at radius 1 is 1.33 bits per heavy atom. The number of ether oxygens (including phenoxy) is 2. The number of halogens is 2. The largest absolute Gasteiger partial charge is 0.489 e. The van der Waals surface area contributed by atoms with Gasteiger partial charge in [0, 0.05) is 35.8 Å². The van der Waals surface area contributed by atoms with E-state index in [1.807, 2.05) is 18.2 Å². The third-order valence-corrected chi connectivity index (χ3v) is 4.25. The molecule has 0 aliphatic carbocycles. The van der Waals surface area contributed by atoms with Gasteiger partial charge in [0.15, 0.2) is 5.75 Å². The fourth-order valence-electron chi connectivity index (χ4n) is 2.05. The first-order valence-corrected chi connectivity index (χ1v) is 8.30. The van der Waals surface area contributed by atoms with E-state index in [2.05, 4.69) is 49.1 Å². The van der Waals surface area contributed by atoms with Crippen molar-refractivity contribution in [3.05, 3.63) is 33.3 Å². The Kier molecular flexibility index (Phi) is 6.41.